The van der Waals surface area contributed by atoms with E-state index in [1.807, 2.05) is 0 Å². The van der Waals surface area contributed by atoms with Gasteiger partial charge < -0.3 is 14.2 Å². The topological polar surface area (TPSA) is 44.8 Å². The van der Waals surface area contributed by atoms with Crippen molar-refractivity contribution in [1.29, 1.82) is 0 Å². The molecule has 2 bridgehead atoms. The number of hydrogen-bond donors (Lipinski definition) is 0. The molecule has 4 nitrogen and oxygen atoms in total. The van der Waals surface area contributed by atoms with Crippen LogP contribution >= 0.6 is 0 Å². The highest BCUT2D eigenvalue weighted by molar-refractivity contribution is 5.73. The molecule has 1 saturated heterocycles. The van der Waals surface area contributed by atoms with Gasteiger partial charge in [-0.15, -0.1) is 0 Å². The quantitative estimate of drug-likeness (QED) is 0.457. The zero-order valence-electron chi connectivity index (χ0n) is 17.5. The summed E-state index contributed by atoms with van der Waals surface area (Å²) in [6.45, 7) is 6.79. The second-order valence-electron chi connectivity index (χ2n) is 9.51. The lowest BCUT2D eigenvalue weighted by Gasteiger charge is -2.36. The molecule has 4 heteroatoms. The van der Waals surface area contributed by atoms with Gasteiger partial charge in [-0.2, -0.15) is 0 Å². The molecule has 4 aliphatic rings. The Balaban J connectivity index is 1.33. The van der Waals surface area contributed by atoms with Crippen molar-refractivity contribution in [3.8, 4) is 0 Å². The van der Waals surface area contributed by atoms with E-state index in [0.29, 0.717) is 35.9 Å². The maximum Gasteiger partial charge on any atom is 0.311 e. The lowest BCUT2D eigenvalue weighted by Crippen LogP contribution is -2.38. The monoisotopic (exact) mass is 378 g/mol. The van der Waals surface area contributed by atoms with Crippen molar-refractivity contribution in [3.63, 3.8) is 0 Å². The van der Waals surface area contributed by atoms with Crippen molar-refractivity contribution < 1.29 is 19.0 Å². The van der Waals surface area contributed by atoms with E-state index >= 15 is 0 Å². The van der Waals surface area contributed by atoms with Gasteiger partial charge >= 0.3 is 5.97 Å². The first-order valence-electron chi connectivity index (χ1n) is 11.6. The van der Waals surface area contributed by atoms with E-state index in [0.717, 1.165) is 38.5 Å². The zero-order valence-corrected chi connectivity index (χ0v) is 17.5. The number of ether oxygens (including phenoxy) is 3. The van der Waals surface area contributed by atoms with E-state index in [1.165, 1.54) is 25.7 Å². The predicted octanol–water partition coefficient (Wildman–Crippen LogP) is 5.09. The first-order chi connectivity index (χ1) is 13.1. The minimum Gasteiger partial charge on any atom is -0.438 e. The molecule has 0 spiro atoms. The van der Waals surface area contributed by atoms with Crippen LogP contribution in [0.2, 0.25) is 0 Å². The van der Waals surface area contributed by atoms with Gasteiger partial charge in [0.15, 0.2) is 6.79 Å². The second kappa shape index (κ2) is 8.02. The zero-order chi connectivity index (χ0) is 19.0. The molecule has 3 saturated carbocycles. The molecule has 0 aromatic heterocycles. The Hall–Kier alpha value is -0.610. The molecule has 27 heavy (non-hydrogen) atoms. The van der Waals surface area contributed by atoms with E-state index < -0.39 is 0 Å². The molecule has 154 valence electrons. The number of rotatable bonds is 7. The normalized spacial score (nSPS) is 42.3. The fraction of sp³-hybridized carbons (Fsp3) is 0.957. The predicted molar refractivity (Wildman–Crippen MR) is 104 cm³/mol. The molecule has 1 aliphatic heterocycles. The molecular formula is C23H38O4. The maximum absolute atomic E-state index is 12.9. The summed E-state index contributed by atoms with van der Waals surface area (Å²) < 4.78 is 18.1. The number of hydrogen-bond acceptors (Lipinski definition) is 4. The van der Waals surface area contributed by atoms with Gasteiger partial charge in [0.25, 0.3) is 0 Å². The number of carbonyl (C=O) groups is 1. The van der Waals surface area contributed by atoms with Crippen molar-refractivity contribution in [2.75, 3.05) is 6.79 Å². The van der Waals surface area contributed by atoms with E-state index in [9.17, 15) is 4.79 Å². The Bertz CT molecular complexity index is 526. The summed E-state index contributed by atoms with van der Waals surface area (Å²) in [6, 6.07) is 0. The van der Waals surface area contributed by atoms with Crippen molar-refractivity contribution in [2.24, 2.45) is 29.6 Å². The summed E-state index contributed by atoms with van der Waals surface area (Å²) >= 11 is 0. The van der Waals surface area contributed by atoms with Crippen LogP contribution in [0.15, 0.2) is 0 Å². The van der Waals surface area contributed by atoms with Gasteiger partial charge in [-0.05, 0) is 68.6 Å². The molecule has 0 amide bonds. The molecule has 0 aromatic rings. The Labute approximate surface area is 164 Å². The Morgan fingerprint density at radius 1 is 1.00 bits per heavy atom. The van der Waals surface area contributed by atoms with Crippen LogP contribution in [0.5, 0.6) is 0 Å². The summed E-state index contributed by atoms with van der Waals surface area (Å²) in [5.74, 6) is 2.41. The molecule has 7 atom stereocenters. The molecule has 4 fully saturated rings. The number of fused-ring (bicyclic) bond motifs is 5. The van der Waals surface area contributed by atoms with Gasteiger partial charge in [0.2, 0.25) is 0 Å². The van der Waals surface area contributed by atoms with E-state index in [2.05, 4.69) is 20.8 Å². The van der Waals surface area contributed by atoms with Gasteiger partial charge in [0.05, 0.1) is 23.7 Å². The molecule has 1 heterocycles. The van der Waals surface area contributed by atoms with Gasteiger partial charge in [-0.3, -0.25) is 4.79 Å². The molecule has 7 unspecified atom stereocenters. The summed E-state index contributed by atoms with van der Waals surface area (Å²) in [6.07, 6.45) is 12.1. The first-order valence-corrected chi connectivity index (χ1v) is 11.6. The molecule has 3 aliphatic carbocycles. The van der Waals surface area contributed by atoms with Gasteiger partial charge in [0, 0.05) is 0 Å². The highest BCUT2D eigenvalue weighted by atomic mass is 16.7. The van der Waals surface area contributed by atoms with Crippen LogP contribution in [0.25, 0.3) is 0 Å². The van der Waals surface area contributed by atoms with Crippen molar-refractivity contribution in [2.45, 2.75) is 103 Å². The first kappa shape index (κ1) is 19.7. The highest BCUT2D eigenvalue weighted by Gasteiger charge is 2.62. The van der Waals surface area contributed by atoms with Crippen LogP contribution in [0.4, 0.5) is 0 Å². The minimum atomic E-state index is -0.0563. The fourth-order valence-electron chi connectivity index (χ4n) is 7.05. The Kier molecular flexibility index (Phi) is 5.85. The van der Waals surface area contributed by atoms with E-state index in [4.69, 9.17) is 14.2 Å². The standard InChI is InChI=1S/C23H38O4/c1-4-18-20-15-12-16(21(20)19(5-2)27-18)17(13-15)22(24)25-14-26-23(6-3)10-8-7-9-11-23/h15-21H,4-14H2,1-3H3. The third-order valence-electron chi connectivity index (χ3n) is 8.42. The van der Waals surface area contributed by atoms with Crippen LogP contribution in [-0.2, 0) is 19.0 Å². The highest BCUT2D eigenvalue weighted by Crippen LogP contribution is 2.62. The van der Waals surface area contributed by atoms with Crippen LogP contribution in [-0.4, -0.2) is 30.6 Å². The SMILES string of the molecule is CCC1OC(CC)C2C3CC(CC3C(=O)OCOC3(CC)CCCCC3)C12. The lowest BCUT2D eigenvalue weighted by atomic mass is 9.70. The van der Waals surface area contributed by atoms with E-state index in [-0.39, 0.29) is 24.3 Å². The van der Waals surface area contributed by atoms with Crippen molar-refractivity contribution in [3.05, 3.63) is 0 Å². The maximum atomic E-state index is 12.9. The Morgan fingerprint density at radius 3 is 2.37 bits per heavy atom. The summed E-state index contributed by atoms with van der Waals surface area (Å²) in [7, 11) is 0. The molecular weight excluding hydrogens is 340 g/mol. The van der Waals surface area contributed by atoms with Crippen LogP contribution in [0.3, 0.4) is 0 Å². The second-order valence-corrected chi connectivity index (χ2v) is 9.51. The summed E-state index contributed by atoms with van der Waals surface area (Å²) in [4.78, 5) is 12.9. The van der Waals surface area contributed by atoms with Gasteiger partial charge in [-0.1, -0.05) is 40.0 Å². The smallest absolute Gasteiger partial charge is 0.311 e. The Morgan fingerprint density at radius 2 is 1.70 bits per heavy atom. The third-order valence-corrected chi connectivity index (χ3v) is 8.42. The third kappa shape index (κ3) is 3.46. The summed E-state index contributed by atoms with van der Waals surface area (Å²) in [5, 5.41) is 0. The van der Waals surface area contributed by atoms with Crippen LogP contribution in [0.1, 0.15) is 85.0 Å². The van der Waals surface area contributed by atoms with Crippen molar-refractivity contribution >= 4 is 5.97 Å². The van der Waals surface area contributed by atoms with E-state index in [1.54, 1.807) is 0 Å². The minimum absolute atomic E-state index is 0.0159. The van der Waals surface area contributed by atoms with Crippen molar-refractivity contribution in [1.82, 2.24) is 0 Å². The van der Waals surface area contributed by atoms with Gasteiger partial charge in [0.1, 0.15) is 0 Å². The molecule has 0 N–H and O–H groups in total. The van der Waals surface area contributed by atoms with Crippen LogP contribution in [0, 0.1) is 29.6 Å². The largest absolute Gasteiger partial charge is 0.438 e. The average molecular weight is 379 g/mol. The average Bonchev–Trinajstić information content (AvgIpc) is 3.39. The number of esters is 1. The molecule has 4 rings (SSSR count). The molecule has 0 radical (unpaired) electrons. The van der Waals surface area contributed by atoms with Crippen LogP contribution < -0.4 is 0 Å². The lowest BCUT2D eigenvalue weighted by molar-refractivity contribution is -0.185. The van der Waals surface area contributed by atoms with Gasteiger partial charge in [-0.25, -0.2) is 0 Å². The number of carbonyl (C=O) groups excluding carboxylic acids is 1. The summed E-state index contributed by atoms with van der Waals surface area (Å²) in [5.41, 5.74) is -0.0563. The molecule has 0 aromatic carbocycles. The fourth-order valence-corrected chi connectivity index (χ4v) is 7.05.